The van der Waals surface area contributed by atoms with E-state index in [2.05, 4.69) is 15.0 Å². The van der Waals surface area contributed by atoms with E-state index in [-0.39, 0.29) is 30.6 Å². The summed E-state index contributed by atoms with van der Waals surface area (Å²) in [4.78, 5) is 33.8. The molecule has 2 heterocycles. The van der Waals surface area contributed by atoms with Crippen LogP contribution >= 0.6 is 11.9 Å². The summed E-state index contributed by atoms with van der Waals surface area (Å²) in [5.74, 6) is -0.104. The molecule has 10 heteroatoms. The molecule has 3 rings (SSSR count). The standard InChI is InChI=1S/C15H15N5O4S/c16-15-18-12-11(13(21)19-15)17-8-20(12)25-9-23-6-7-24-14(22)10-4-2-1-3-5-10/h1-5,8H,6-7,9H2,(H3,16,18,19,21). The number of anilines is 1. The molecule has 3 aromatic rings. The number of nitrogens with two attached hydrogens (primary N) is 1. The number of aromatic nitrogens is 4. The Bertz CT molecular complexity index is 925. The lowest BCUT2D eigenvalue weighted by Gasteiger charge is -2.06. The second kappa shape index (κ2) is 7.81. The zero-order valence-corrected chi connectivity index (χ0v) is 13.9. The third kappa shape index (κ3) is 4.17. The first-order valence-electron chi connectivity index (χ1n) is 7.31. The van der Waals surface area contributed by atoms with Crippen molar-refractivity contribution in [1.29, 1.82) is 0 Å². The Morgan fingerprint density at radius 2 is 2.08 bits per heavy atom. The van der Waals surface area contributed by atoms with Crippen LogP contribution in [0.1, 0.15) is 10.4 Å². The van der Waals surface area contributed by atoms with E-state index in [0.29, 0.717) is 11.2 Å². The van der Waals surface area contributed by atoms with Crippen molar-refractivity contribution in [2.75, 3.05) is 24.9 Å². The molecule has 9 nitrogen and oxygen atoms in total. The van der Waals surface area contributed by atoms with Crippen molar-refractivity contribution in [3.8, 4) is 0 Å². The van der Waals surface area contributed by atoms with Crippen LogP contribution in [0.2, 0.25) is 0 Å². The molecule has 2 aromatic heterocycles. The number of nitrogens with one attached hydrogen (secondary N) is 1. The average molecular weight is 361 g/mol. The number of carbonyl (C=O) groups excluding carboxylic acids is 1. The Hall–Kier alpha value is -2.85. The Labute approximate surface area is 146 Å². The first-order chi connectivity index (χ1) is 12.1. The number of carbonyl (C=O) groups is 1. The number of hydrogen-bond donors (Lipinski definition) is 2. The number of imidazole rings is 1. The number of aromatic amines is 1. The Morgan fingerprint density at radius 3 is 2.88 bits per heavy atom. The van der Waals surface area contributed by atoms with E-state index >= 15 is 0 Å². The van der Waals surface area contributed by atoms with Crippen LogP contribution in [-0.4, -0.2) is 44.0 Å². The van der Waals surface area contributed by atoms with Crippen LogP contribution in [0.15, 0.2) is 41.5 Å². The van der Waals surface area contributed by atoms with Crippen molar-refractivity contribution in [2.45, 2.75) is 0 Å². The van der Waals surface area contributed by atoms with Gasteiger partial charge in [-0.15, -0.1) is 0 Å². The van der Waals surface area contributed by atoms with Crippen molar-refractivity contribution in [3.63, 3.8) is 0 Å². The van der Waals surface area contributed by atoms with Crippen molar-refractivity contribution < 1.29 is 14.3 Å². The van der Waals surface area contributed by atoms with Gasteiger partial charge < -0.3 is 15.2 Å². The number of fused-ring (bicyclic) bond motifs is 1. The van der Waals surface area contributed by atoms with Crippen LogP contribution in [-0.2, 0) is 9.47 Å². The van der Waals surface area contributed by atoms with Crippen LogP contribution in [0.3, 0.4) is 0 Å². The quantitative estimate of drug-likeness (QED) is 0.363. The van der Waals surface area contributed by atoms with E-state index in [0.717, 1.165) is 0 Å². The number of rotatable bonds is 7. The Balaban J connectivity index is 1.43. The summed E-state index contributed by atoms with van der Waals surface area (Å²) >= 11 is 1.25. The van der Waals surface area contributed by atoms with E-state index in [1.54, 1.807) is 28.2 Å². The number of nitrogens with zero attached hydrogens (tertiary/aromatic N) is 3. The van der Waals surface area contributed by atoms with E-state index in [1.807, 2.05) is 6.07 Å². The highest BCUT2D eigenvalue weighted by Gasteiger charge is 2.10. The number of hydrogen-bond acceptors (Lipinski definition) is 8. The minimum absolute atomic E-state index is 0.0218. The molecule has 0 bridgehead atoms. The van der Waals surface area contributed by atoms with Crippen LogP contribution in [0.25, 0.3) is 11.2 Å². The summed E-state index contributed by atoms with van der Waals surface area (Å²) in [5.41, 5.74) is 6.20. The molecular weight excluding hydrogens is 346 g/mol. The van der Waals surface area contributed by atoms with Crippen molar-refractivity contribution in [2.24, 2.45) is 0 Å². The molecule has 0 aliphatic carbocycles. The molecule has 0 spiro atoms. The molecule has 0 atom stereocenters. The topological polar surface area (TPSA) is 125 Å². The van der Waals surface area contributed by atoms with Gasteiger partial charge in [-0.1, -0.05) is 18.2 Å². The summed E-state index contributed by atoms with van der Waals surface area (Å²) < 4.78 is 12.1. The number of H-pyrrole nitrogens is 1. The maximum Gasteiger partial charge on any atom is 0.338 e. The first-order valence-corrected chi connectivity index (χ1v) is 8.25. The normalized spacial score (nSPS) is 10.9. The second-order valence-corrected chi connectivity index (χ2v) is 5.74. The highest BCUT2D eigenvalue weighted by atomic mass is 32.2. The number of nitrogen functional groups attached to an aromatic ring is 1. The fraction of sp³-hybridized carbons (Fsp3) is 0.200. The van der Waals surface area contributed by atoms with E-state index in [9.17, 15) is 9.59 Å². The van der Waals surface area contributed by atoms with E-state index in [4.69, 9.17) is 15.2 Å². The predicted molar refractivity (Wildman–Crippen MR) is 93.1 cm³/mol. The maximum atomic E-state index is 11.7. The van der Waals surface area contributed by atoms with Gasteiger partial charge in [0.25, 0.3) is 5.56 Å². The molecule has 0 radical (unpaired) electrons. The minimum atomic E-state index is -0.393. The molecule has 0 saturated heterocycles. The van der Waals surface area contributed by atoms with Gasteiger partial charge in [-0.2, -0.15) is 4.98 Å². The SMILES string of the molecule is Nc1nc2c(ncn2SCOCCOC(=O)c2ccccc2)c(=O)[nH]1. The van der Waals surface area contributed by atoms with E-state index < -0.39 is 11.5 Å². The number of esters is 1. The van der Waals surface area contributed by atoms with Gasteiger partial charge in [-0.3, -0.25) is 13.8 Å². The molecule has 3 N–H and O–H groups in total. The van der Waals surface area contributed by atoms with Crippen molar-refractivity contribution >= 4 is 35.0 Å². The molecule has 25 heavy (non-hydrogen) atoms. The summed E-state index contributed by atoms with van der Waals surface area (Å²) in [6.45, 7) is 0.387. The molecule has 130 valence electrons. The summed E-state index contributed by atoms with van der Waals surface area (Å²) in [7, 11) is 0. The monoisotopic (exact) mass is 361 g/mol. The fourth-order valence-corrected chi connectivity index (χ4v) is 2.67. The van der Waals surface area contributed by atoms with Gasteiger partial charge in [0.2, 0.25) is 5.95 Å². The maximum absolute atomic E-state index is 11.7. The number of benzene rings is 1. The van der Waals surface area contributed by atoms with Gasteiger partial charge in [0.05, 0.1) is 12.2 Å². The molecule has 0 amide bonds. The third-order valence-corrected chi connectivity index (χ3v) is 3.96. The van der Waals surface area contributed by atoms with Crippen LogP contribution in [0.5, 0.6) is 0 Å². The average Bonchev–Trinajstić information content (AvgIpc) is 3.01. The Kier molecular flexibility index (Phi) is 5.31. The van der Waals surface area contributed by atoms with Crippen molar-refractivity contribution in [1.82, 2.24) is 18.9 Å². The molecule has 1 aromatic carbocycles. The van der Waals surface area contributed by atoms with Gasteiger partial charge in [0.15, 0.2) is 11.2 Å². The van der Waals surface area contributed by atoms with E-state index in [1.165, 1.54) is 18.3 Å². The lowest BCUT2D eigenvalue weighted by atomic mass is 10.2. The van der Waals surface area contributed by atoms with Gasteiger partial charge in [0, 0.05) is 0 Å². The molecule has 0 saturated carbocycles. The molecule has 0 aliphatic heterocycles. The second-order valence-electron chi connectivity index (χ2n) is 4.85. The van der Waals surface area contributed by atoms with Crippen LogP contribution in [0, 0.1) is 0 Å². The summed E-state index contributed by atoms with van der Waals surface area (Å²) in [6, 6.07) is 8.73. The van der Waals surface area contributed by atoms with Crippen molar-refractivity contribution in [3.05, 3.63) is 52.6 Å². The van der Waals surface area contributed by atoms with Gasteiger partial charge in [0.1, 0.15) is 18.9 Å². The highest BCUT2D eigenvalue weighted by molar-refractivity contribution is 7.97. The molecular formula is C15H15N5O4S. The van der Waals surface area contributed by atoms with Crippen LogP contribution in [0.4, 0.5) is 5.95 Å². The zero-order valence-electron chi connectivity index (χ0n) is 13.0. The molecule has 0 fully saturated rings. The minimum Gasteiger partial charge on any atom is -0.460 e. The smallest absolute Gasteiger partial charge is 0.338 e. The fourth-order valence-electron chi connectivity index (χ4n) is 2.01. The Morgan fingerprint density at radius 1 is 1.28 bits per heavy atom. The van der Waals surface area contributed by atoms with Gasteiger partial charge in [-0.05, 0) is 24.1 Å². The predicted octanol–water partition coefficient (Wildman–Crippen LogP) is 1.03. The first kappa shape index (κ1) is 17.0. The largest absolute Gasteiger partial charge is 0.460 e. The van der Waals surface area contributed by atoms with Gasteiger partial charge in [-0.25, -0.2) is 9.78 Å². The molecule has 0 unspecified atom stereocenters. The van der Waals surface area contributed by atoms with Crippen LogP contribution < -0.4 is 11.3 Å². The van der Waals surface area contributed by atoms with Gasteiger partial charge >= 0.3 is 5.97 Å². The molecule has 0 aliphatic rings. The third-order valence-electron chi connectivity index (χ3n) is 3.14. The number of ether oxygens (including phenoxy) is 2. The summed E-state index contributed by atoms with van der Waals surface area (Å²) in [6.07, 6.45) is 1.47. The lowest BCUT2D eigenvalue weighted by Crippen LogP contribution is -2.12. The summed E-state index contributed by atoms with van der Waals surface area (Å²) in [5, 5.41) is 0. The lowest BCUT2D eigenvalue weighted by molar-refractivity contribution is 0.0374. The highest BCUT2D eigenvalue weighted by Crippen LogP contribution is 2.14. The zero-order chi connectivity index (χ0) is 17.6.